The molecule has 1 heterocycles. The highest BCUT2D eigenvalue weighted by molar-refractivity contribution is 4.91. The number of hydrogen-bond acceptors (Lipinski definition) is 1. The van der Waals surface area contributed by atoms with E-state index in [-0.39, 0.29) is 5.60 Å². The van der Waals surface area contributed by atoms with Crippen LogP contribution in [0.2, 0.25) is 0 Å². The summed E-state index contributed by atoms with van der Waals surface area (Å²) in [5, 5.41) is 10.3. The molecule has 0 aromatic rings. The summed E-state index contributed by atoms with van der Waals surface area (Å²) in [5.74, 6) is 0.565. The number of rotatable bonds is 0. The quantitative estimate of drug-likeness (QED) is 0.553. The van der Waals surface area contributed by atoms with Gasteiger partial charge in [-0.15, -0.1) is 0 Å². The Kier molecular flexibility index (Phi) is 2.37. The molecule has 2 N–H and O–H groups in total. The highest BCUT2D eigenvalue weighted by atomic mass is 16.3. The summed E-state index contributed by atoms with van der Waals surface area (Å²) in [6.07, 6.45) is 6.25. The van der Waals surface area contributed by atoms with E-state index in [0.717, 1.165) is 19.0 Å². The van der Waals surface area contributed by atoms with E-state index in [4.69, 9.17) is 0 Å². The predicted molar refractivity (Wildman–Crippen MR) is 52.7 cm³/mol. The maximum atomic E-state index is 10.3. The van der Waals surface area contributed by atoms with Crippen LogP contribution >= 0.6 is 0 Å². The van der Waals surface area contributed by atoms with E-state index in [1.54, 1.807) is 4.90 Å². The second-order valence-electron chi connectivity index (χ2n) is 5.20. The minimum absolute atomic E-state index is 0.370. The van der Waals surface area contributed by atoms with Gasteiger partial charge in [0.15, 0.2) is 0 Å². The summed E-state index contributed by atoms with van der Waals surface area (Å²) in [4.78, 5) is 1.65. The van der Waals surface area contributed by atoms with Gasteiger partial charge in [-0.05, 0) is 26.2 Å². The number of nitrogens with one attached hydrogen (secondary N) is 1. The molecule has 2 fully saturated rings. The summed E-state index contributed by atoms with van der Waals surface area (Å²) in [5.41, 5.74) is -0.370. The molecule has 0 aromatic heterocycles. The van der Waals surface area contributed by atoms with Gasteiger partial charge in [-0.25, -0.2) is 0 Å². The fourth-order valence-electron chi connectivity index (χ4n) is 3.29. The van der Waals surface area contributed by atoms with Crippen molar-refractivity contribution >= 4 is 0 Å². The van der Waals surface area contributed by atoms with Crippen molar-refractivity contribution in [3.05, 3.63) is 0 Å². The van der Waals surface area contributed by atoms with E-state index >= 15 is 0 Å². The maximum Gasteiger partial charge on any atom is 0.0928 e. The van der Waals surface area contributed by atoms with Crippen LogP contribution in [0.1, 0.15) is 39.0 Å². The van der Waals surface area contributed by atoms with Gasteiger partial charge in [0.2, 0.25) is 0 Å². The molecule has 1 saturated heterocycles. The topological polar surface area (TPSA) is 24.7 Å². The highest BCUT2D eigenvalue weighted by Gasteiger charge is 2.46. The van der Waals surface area contributed by atoms with E-state index in [1.165, 1.54) is 25.7 Å². The van der Waals surface area contributed by atoms with Crippen molar-refractivity contribution in [1.29, 1.82) is 0 Å². The Hall–Kier alpha value is -0.0800. The number of hydrogen-bond donors (Lipinski definition) is 2. The fraction of sp³-hybridized carbons (Fsp3) is 1.00. The second kappa shape index (κ2) is 3.25. The Morgan fingerprint density at radius 1 is 1.31 bits per heavy atom. The van der Waals surface area contributed by atoms with Crippen LogP contribution in [0.25, 0.3) is 0 Å². The summed E-state index contributed by atoms with van der Waals surface area (Å²) >= 11 is 0. The van der Waals surface area contributed by atoms with Crippen molar-refractivity contribution < 1.29 is 10.0 Å². The first-order valence-corrected chi connectivity index (χ1v) is 5.66. The summed E-state index contributed by atoms with van der Waals surface area (Å²) in [7, 11) is 2.29. The van der Waals surface area contributed by atoms with Gasteiger partial charge in [0.1, 0.15) is 0 Å². The van der Waals surface area contributed by atoms with E-state index in [2.05, 4.69) is 7.05 Å². The van der Waals surface area contributed by atoms with Crippen LogP contribution in [0.3, 0.4) is 0 Å². The summed E-state index contributed by atoms with van der Waals surface area (Å²) < 4.78 is 0. The number of piperidine rings is 1. The highest BCUT2D eigenvalue weighted by Crippen LogP contribution is 2.35. The van der Waals surface area contributed by atoms with Crippen LogP contribution in [0.5, 0.6) is 0 Å². The van der Waals surface area contributed by atoms with Crippen molar-refractivity contribution in [2.75, 3.05) is 13.6 Å². The Morgan fingerprint density at radius 3 is 2.69 bits per heavy atom. The lowest BCUT2D eigenvalue weighted by atomic mass is 9.70. The molecule has 2 heteroatoms. The monoisotopic (exact) mass is 184 g/mol. The molecule has 13 heavy (non-hydrogen) atoms. The Morgan fingerprint density at radius 2 is 2.00 bits per heavy atom. The number of quaternary nitrogens is 1. The predicted octanol–water partition coefficient (Wildman–Crippen LogP) is 0.215. The van der Waals surface area contributed by atoms with Crippen LogP contribution in [0.15, 0.2) is 0 Å². The van der Waals surface area contributed by atoms with Crippen molar-refractivity contribution in [2.24, 2.45) is 5.92 Å². The first-order valence-electron chi connectivity index (χ1n) is 5.66. The molecule has 0 bridgehead atoms. The van der Waals surface area contributed by atoms with Gasteiger partial charge >= 0.3 is 0 Å². The van der Waals surface area contributed by atoms with Crippen LogP contribution in [0, 0.1) is 5.92 Å². The van der Waals surface area contributed by atoms with Crippen LogP contribution in [-0.2, 0) is 0 Å². The van der Waals surface area contributed by atoms with Gasteiger partial charge in [-0.3, -0.25) is 0 Å². The standard InChI is InChI=1S/C11H21NO/c1-11(13)7-8-12(2)10-6-4-3-5-9(10)11/h9-10,13H,3-8H2,1-2H3/p+1/t9-,10+,11+/m1/s1. The lowest BCUT2D eigenvalue weighted by molar-refractivity contribution is -0.920. The third kappa shape index (κ3) is 1.62. The summed E-state index contributed by atoms with van der Waals surface area (Å²) in [6, 6.07) is 0.734. The van der Waals surface area contributed by atoms with Gasteiger partial charge < -0.3 is 10.0 Å². The average Bonchev–Trinajstić information content (AvgIpc) is 2.13. The zero-order chi connectivity index (χ0) is 9.47. The van der Waals surface area contributed by atoms with Crippen molar-refractivity contribution in [2.45, 2.75) is 50.7 Å². The molecule has 1 aliphatic carbocycles. The number of likely N-dealkylation sites (tertiary alicyclic amines) is 1. The molecule has 0 radical (unpaired) electrons. The Balaban J connectivity index is 2.14. The van der Waals surface area contributed by atoms with Crippen molar-refractivity contribution in [1.82, 2.24) is 0 Å². The van der Waals surface area contributed by atoms with E-state index in [1.807, 2.05) is 6.92 Å². The van der Waals surface area contributed by atoms with Gasteiger partial charge in [0, 0.05) is 12.3 Å². The number of fused-ring (bicyclic) bond motifs is 1. The fourth-order valence-corrected chi connectivity index (χ4v) is 3.29. The van der Waals surface area contributed by atoms with Crippen LogP contribution in [0.4, 0.5) is 0 Å². The minimum Gasteiger partial charge on any atom is -0.389 e. The van der Waals surface area contributed by atoms with Crippen LogP contribution in [-0.4, -0.2) is 30.3 Å². The van der Waals surface area contributed by atoms with Gasteiger partial charge in [-0.2, -0.15) is 0 Å². The largest absolute Gasteiger partial charge is 0.389 e. The van der Waals surface area contributed by atoms with E-state index < -0.39 is 0 Å². The Labute approximate surface area is 80.9 Å². The maximum absolute atomic E-state index is 10.3. The molecule has 0 spiro atoms. The number of aliphatic hydroxyl groups is 1. The lowest BCUT2D eigenvalue weighted by Crippen LogP contribution is -3.16. The third-order valence-electron chi connectivity index (χ3n) is 4.22. The first-order chi connectivity index (χ1) is 6.11. The van der Waals surface area contributed by atoms with Gasteiger partial charge in [0.05, 0.1) is 25.2 Å². The SMILES string of the molecule is C[NH+]1CC[C@](C)(O)[C@@H]2CCCC[C@@H]21. The zero-order valence-electron chi connectivity index (χ0n) is 8.84. The molecule has 0 amide bonds. The van der Waals surface area contributed by atoms with Gasteiger partial charge in [0.25, 0.3) is 0 Å². The molecule has 2 nitrogen and oxygen atoms in total. The smallest absolute Gasteiger partial charge is 0.0928 e. The van der Waals surface area contributed by atoms with Crippen molar-refractivity contribution in [3.8, 4) is 0 Å². The molecule has 2 rings (SSSR count). The van der Waals surface area contributed by atoms with Crippen LogP contribution < -0.4 is 4.90 Å². The van der Waals surface area contributed by atoms with Gasteiger partial charge in [-0.1, -0.05) is 6.42 Å². The molecule has 0 aromatic carbocycles. The first kappa shape index (κ1) is 9.47. The minimum atomic E-state index is -0.370. The molecule has 4 atom stereocenters. The average molecular weight is 184 g/mol. The molecule has 76 valence electrons. The second-order valence-corrected chi connectivity index (χ2v) is 5.20. The molecular weight excluding hydrogens is 162 g/mol. The zero-order valence-corrected chi connectivity index (χ0v) is 8.84. The third-order valence-corrected chi connectivity index (χ3v) is 4.22. The van der Waals surface area contributed by atoms with E-state index in [9.17, 15) is 5.11 Å². The Bertz CT molecular complexity index is 191. The summed E-state index contributed by atoms with van der Waals surface area (Å²) in [6.45, 7) is 3.19. The molecular formula is C11H22NO+. The lowest BCUT2D eigenvalue weighted by Gasteiger charge is -2.47. The molecule has 1 aliphatic heterocycles. The van der Waals surface area contributed by atoms with E-state index in [0.29, 0.717) is 5.92 Å². The molecule has 2 aliphatic rings. The van der Waals surface area contributed by atoms with Crippen molar-refractivity contribution in [3.63, 3.8) is 0 Å². The normalized spacial score (nSPS) is 51.5. The molecule has 1 unspecified atom stereocenters. The molecule has 1 saturated carbocycles.